The fraction of sp³-hybridized carbons (Fsp3) is 0.714. The Balaban J connectivity index is 2.05. The number of fused-ring (bicyclic) bond motifs is 1. The summed E-state index contributed by atoms with van der Waals surface area (Å²) in [4.78, 5) is 21.4. The second-order valence-corrected chi connectivity index (χ2v) is 3.24. The van der Waals surface area contributed by atoms with Crippen molar-refractivity contribution >= 4 is 11.9 Å². The lowest BCUT2D eigenvalue weighted by atomic mass is 10.0. The van der Waals surface area contributed by atoms with Crippen LogP contribution in [0.4, 0.5) is 0 Å². The lowest BCUT2D eigenvalue weighted by Crippen LogP contribution is -2.45. The lowest BCUT2D eigenvalue weighted by molar-refractivity contribution is -0.143. The van der Waals surface area contributed by atoms with Gasteiger partial charge in [0.1, 0.15) is 6.04 Å². The van der Waals surface area contributed by atoms with Crippen LogP contribution in [-0.4, -0.2) is 23.0 Å². The summed E-state index contributed by atoms with van der Waals surface area (Å²) in [6.45, 7) is 0. The van der Waals surface area contributed by atoms with Gasteiger partial charge in [-0.2, -0.15) is 0 Å². The van der Waals surface area contributed by atoms with Gasteiger partial charge in [-0.25, -0.2) is 4.79 Å². The van der Waals surface area contributed by atoms with E-state index in [4.69, 9.17) is 5.11 Å². The van der Waals surface area contributed by atoms with Crippen LogP contribution in [0.2, 0.25) is 0 Å². The Kier molecular flexibility index (Phi) is 1.19. The number of nitrogens with one attached hydrogen (secondary N) is 1. The van der Waals surface area contributed by atoms with Crippen LogP contribution >= 0.6 is 0 Å². The Bertz CT molecular complexity index is 226. The fourth-order valence-electron chi connectivity index (χ4n) is 1.63. The van der Waals surface area contributed by atoms with E-state index in [9.17, 15) is 9.59 Å². The summed E-state index contributed by atoms with van der Waals surface area (Å²) in [6.07, 6.45) is 1.50. The third-order valence-corrected chi connectivity index (χ3v) is 2.41. The first kappa shape index (κ1) is 6.64. The molecular formula is C7H9NO3. The Morgan fingerprint density at radius 1 is 1.55 bits per heavy atom. The molecule has 0 radical (unpaired) electrons. The zero-order chi connectivity index (χ0) is 8.01. The molecule has 2 rings (SSSR count). The van der Waals surface area contributed by atoms with Gasteiger partial charge in [0.15, 0.2) is 0 Å². The van der Waals surface area contributed by atoms with Crippen LogP contribution in [0.15, 0.2) is 0 Å². The van der Waals surface area contributed by atoms with Gasteiger partial charge in [-0.15, -0.1) is 0 Å². The number of rotatable bonds is 1. The maximum absolute atomic E-state index is 11.0. The van der Waals surface area contributed by atoms with E-state index < -0.39 is 12.0 Å². The standard InChI is InChI=1S/C7H9NO3/c9-6-4-1-3(4)2-5(8-6)7(10)11/h3-5H,1-2H2,(H,8,9)(H,10,11)/t3?,4-,5?/m0/s1. The molecule has 2 N–H and O–H groups in total. The topological polar surface area (TPSA) is 66.4 Å². The van der Waals surface area contributed by atoms with Crippen molar-refractivity contribution in [2.24, 2.45) is 11.8 Å². The molecular weight excluding hydrogens is 146 g/mol. The van der Waals surface area contributed by atoms with Crippen molar-refractivity contribution in [3.8, 4) is 0 Å². The van der Waals surface area contributed by atoms with Crippen molar-refractivity contribution in [2.75, 3.05) is 0 Å². The van der Waals surface area contributed by atoms with Gasteiger partial charge in [-0.05, 0) is 18.8 Å². The van der Waals surface area contributed by atoms with E-state index in [0.29, 0.717) is 12.3 Å². The highest BCUT2D eigenvalue weighted by Crippen LogP contribution is 2.44. The van der Waals surface area contributed by atoms with Crippen molar-refractivity contribution in [3.63, 3.8) is 0 Å². The Morgan fingerprint density at radius 2 is 2.27 bits per heavy atom. The number of aliphatic carboxylic acids is 1. The van der Waals surface area contributed by atoms with Crippen molar-refractivity contribution in [1.82, 2.24) is 5.32 Å². The van der Waals surface area contributed by atoms with E-state index >= 15 is 0 Å². The summed E-state index contributed by atoms with van der Waals surface area (Å²) in [5, 5.41) is 11.0. The summed E-state index contributed by atoms with van der Waals surface area (Å²) >= 11 is 0. The molecule has 0 aromatic carbocycles. The number of carboxylic acids is 1. The second-order valence-electron chi connectivity index (χ2n) is 3.24. The first-order valence-corrected chi connectivity index (χ1v) is 3.71. The van der Waals surface area contributed by atoms with Gasteiger partial charge in [0, 0.05) is 5.92 Å². The first-order valence-electron chi connectivity index (χ1n) is 3.71. The minimum atomic E-state index is -0.913. The molecule has 0 aromatic rings. The van der Waals surface area contributed by atoms with E-state index in [1.807, 2.05) is 0 Å². The fourth-order valence-corrected chi connectivity index (χ4v) is 1.63. The first-order chi connectivity index (χ1) is 5.18. The smallest absolute Gasteiger partial charge is 0.326 e. The van der Waals surface area contributed by atoms with Crippen molar-refractivity contribution in [1.29, 1.82) is 0 Å². The van der Waals surface area contributed by atoms with Crippen LogP contribution in [0.3, 0.4) is 0 Å². The Hall–Kier alpha value is -1.06. The molecule has 11 heavy (non-hydrogen) atoms. The van der Waals surface area contributed by atoms with Crippen LogP contribution < -0.4 is 5.32 Å². The van der Waals surface area contributed by atoms with Crippen LogP contribution in [0, 0.1) is 11.8 Å². The van der Waals surface area contributed by atoms with Crippen LogP contribution in [-0.2, 0) is 9.59 Å². The lowest BCUT2D eigenvalue weighted by Gasteiger charge is -2.18. The minimum absolute atomic E-state index is 0.0753. The summed E-state index contributed by atoms with van der Waals surface area (Å²) in [5.41, 5.74) is 0. The maximum atomic E-state index is 11.0. The molecule has 1 heterocycles. The highest BCUT2D eigenvalue weighted by molar-refractivity contribution is 5.88. The van der Waals surface area contributed by atoms with E-state index in [-0.39, 0.29) is 11.8 Å². The zero-order valence-corrected chi connectivity index (χ0v) is 5.91. The van der Waals surface area contributed by atoms with Gasteiger partial charge < -0.3 is 10.4 Å². The largest absolute Gasteiger partial charge is 0.480 e. The molecule has 3 atom stereocenters. The number of hydrogen-bond donors (Lipinski definition) is 2. The van der Waals surface area contributed by atoms with E-state index in [1.165, 1.54) is 0 Å². The SMILES string of the molecule is O=C(O)C1CC2C[C@@H]2C(=O)N1. The molecule has 0 spiro atoms. The Labute approximate surface area is 63.6 Å². The third-order valence-electron chi connectivity index (χ3n) is 2.41. The van der Waals surface area contributed by atoms with Crippen molar-refractivity contribution in [3.05, 3.63) is 0 Å². The van der Waals surface area contributed by atoms with Crippen LogP contribution in [0.25, 0.3) is 0 Å². The molecule has 0 bridgehead atoms. The van der Waals surface area contributed by atoms with Gasteiger partial charge in [0.2, 0.25) is 5.91 Å². The third kappa shape index (κ3) is 0.982. The van der Waals surface area contributed by atoms with Crippen molar-refractivity contribution in [2.45, 2.75) is 18.9 Å². The molecule has 4 heteroatoms. The summed E-state index contributed by atoms with van der Waals surface area (Å²) in [5.74, 6) is -0.507. The number of carbonyl (C=O) groups is 2. The average Bonchev–Trinajstić information content (AvgIpc) is 2.66. The van der Waals surface area contributed by atoms with Gasteiger partial charge in [-0.3, -0.25) is 4.79 Å². The molecule has 1 aliphatic heterocycles. The summed E-state index contributed by atoms with van der Waals surface area (Å²) in [7, 11) is 0. The van der Waals surface area contributed by atoms with Gasteiger partial charge >= 0.3 is 5.97 Å². The average molecular weight is 155 g/mol. The number of amides is 1. The maximum Gasteiger partial charge on any atom is 0.326 e. The van der Waals surface area contributed by atoms with Crippen LogP contribution in [0.1, 0.15) is 12.8 Å². The van der Waals surface area contributed by atoms with Crippen LogP contribution in [0.5, 0.6) is 0 Å². The molecule has 2 fully saturated rings. The summed E-state index contributed by atoms with van der Waals surface area (Å²) in [6, 6.07) is -0.633. The highest BCUT2D eigenvalue weighted by atomic mass is 16.4. The van der Waals surface area contributed by atoms with Gasteiger partial charge in [-0.1, -0.05) is 0 Å². The monoisotopic (exact) mass is 155 g/mol. The molecule has 1 aliphatic carbocycles. The van der Waals surface area contributed by atoms with E-state index in [1.54, 1.807) is 0 Å². The predicted molar refractivity (Wildman–Crippen MR) is 35.8 cm³/mol. The van der Waals surface area contributed by atoms with E-state index in [2.05, 4.69) is 5.32 Å². The predicted octanol–water partition coefficient (Wildman–Crippen LogP) is -0.404. The number of carbonyl (C=O) groups excluding carboxylic acids is 1. The molecule has 0 aromatic heterocycles. The van der Waals surface area contributed by atoms with Gasteiger partial charge in [0.05, 0.1) is 0 Å². The molecule has 2 unspecified atom stereocenters. The Morgan fingerprint density at radius 3 is 2.82 bits per heavy atom. The van der Waals surface area contributed by atoms with Crippen molar-refractivity contribution < 1.29 is 14.7 Å². The molecule has 1 saturated carbocycles. The van der Waals surface area contributed by atoms with E-state index in [0.717, 1.165) is 6.42 Å². The number of piperidine rings is 1. The zero-order valence-electron chi connectivity index (χ0n) is 5.91. The highest BCUT2D eigenvalue weighted by Gasteiger charge is 2.49. The second kappa shape index (κ2) is 1.96. The molecule has 4 nitrogen and oxygen atoms in total. The molecule has 2 aliphatic rings. The summed E-state index contributed by atoms with van der Waals surface area (Å²) < 4.78 is 0. The number of carboxylic acid groups (broad SMARTS) is 1. The molecule has 1 saturated heterocycles. The van der Waals surface area contributed by atoms with Gasteiger partial charge in [0.25, 0.3) is 0 Å². The normalized spacial score (nSPS) is 40.7. The number of hydrogen-bond acceptors (Lipinski definition) is 2. The quantitative estimate of drug-likeness (QED) is 0.541. The molecule has 1 amide bonds. The minimum Gasteiger partial charge on any atom is -0.480 e. The molecule has 60 valence electrons.